The van der Waals surface area contributed by atoms with E-state index in [4.69, 9.17) is 14.2 Å². The highest BCUT2D eigenvalue weighted by atomic mass is 32.1. The molecule has 3 aliphatic heterocycles. The number of quaternary nitrogens is 1. The zero-order valence-corrected chi connectivity index (χ0v) is 26.5. The van der Waals surface area contributed by atoms with Crippen LogP contribution in [-0.2, 0) is 19.0 Å². The Kier molecular flexibility index (Phi) is 9.13. The molecule has 2 amide bonds. The normalized spacial score (nSPS) is 25.2. The van der Waals surface area contributed by atoms with Crippen LogP contribution in [0.1, 0.15) is 37.6 Å². The van der Waals surface area contributed by atoms with Gasteiger partial charge in [-0.2, -0.15) is 0 Å². The molecule has 4 atom stereocenters. The standard InChI is InChI=1S/C30H42FN5O6S/c1-18(2)13-23(28(38)35-15-19(3)25-26(35)30(40-5,41-6)17-42-25)32-27(37)20-7-8-21(22(31)14-20)24-16-43-29(33-24)34-9-11-36(4,39)12-10-34/h7-8,14,16,18-19,23,25-26H,9-13,15,17H2,1-6H3,(H,32,37)/t19-,23+,25-,26+/m1/s1. The van der Waals surface area contributed by atoms with Gasteiger partial charge in [0, 0.05) is 43.2 Å². The number of benzene rings is 1. The number of nitrogens with one attached hydrogen (secondary N) is 1. The molecule has 4 heterocycles. The summed E-state index contributed by atoms with van der Waals surface area (Å²) in [7, 11) is 4.74. The lowest BCUT2D eigenvalue weighted by atomic mass is 9.98. The first-order valence-electron chi connectivity index (χ1n) is 14.8. The summed E-state index contributed by atoms with van der Waals surface area (Å²) in [6, 6.07) is 2.99. The van der Waals surface area contributed by atoms with Gasteiger partial charge < -0.3 is 39.2 Å². The minimum atomic E-state index is -1.09. The molecule has 1 aromatic heterocycles. The zero-order chi connectivity index (χ0) is 31.1. The predicted octanol–water partition coefficient (Wildman–Crippen LogP) is 3.09. The van der Waals surface area contributed by atoms with Crippen LogP contribution >= 0.6 is 11.3 Å². The maximum atomic E-state index is 15.4. The predicted molar refractivity (Wildman–Crippen MR) is 161 cm³/mol. The fraction of sp³-hybridized carbons (Fsp3) is 0.633. The van der Waals surface area contributed by atoms with Crippen molar-refractivity contribution in [1.82, 2.24) is 15.2 Å². The number of hydrogen-bond acceptors (Lipinski definition) is 9. The SMILES string of the molecule is COC1(OC)CO[C@@H]2[C@H](C)CN(C(=O)[C@H](CC(C)C)NC(=O)c3ccc(-c4csc(N5CC[N+](C)([O-])CC5)n4)c(F)c3)[C@@H]21. The van der Waals surface area contributed by atoms with Crippen molar-refractivity contribution < 1.29 is 32.8 Å². The van der Waals surface area contributed by atoms with Crippen molar-refractivity contribution in [1.29, 1.82) is 0 Å². The van der Waals surface area contributed by atoms with Crippen LogP contribution in [0.4, 0.5) is 9.52 Å². The highest BCUT2D eigenvalue weighted by Crippen LogP contribution is 2.41. The van der Waals surface area contributed by atoms with Crippen molar-refractivity contribution in [2.75, 3.05) is 65.5 Å². The number of fused-ring (bicyclic) bond motifs is 1. The van der Waals surface area contributed by atoms with Gasteiger partial charge in [-0.05, 0) is 30.5 Å². The van der Waals surface area contributed by atoms with E-state index in [1.807, 2.05) is 25.7 Å². The van der Waals surface area contributed by atoms with Gasteiger partial charge in [-0.15, -0.1) is 11.3 Å². The van der Waals surface area contributed by atoms with Crippen molar-refractivity contribution in [2.24, 2.45) is 11.8 Å². The molecule has 0 radical (unpaired) electrons. The second kappa shape index (κ2) is 12.4. The van der Waals surface area contributed by atoms with Gasteiger partial charge >= 0.3 is 0 Å². The Morgan fingerprint density at radius 2 is 1.98 bits per heavy atom. The number of anilines is 1. The second-order valence-corrected chi connectivity index (χ2v) is 13.3. The number of hydrogen-bond donors (Lipinski definition) is 1. The number of rotatable bonds is 9. The van der Waals surface area contributed by atoms with E-state index in [1.165, 1.54) is 37.7 Å². The number of thiazole rings is 1. The summed E-state index contributed by atoms with van der Waals surface area (Å²) in [6.45, 7) is 8.75. The third-order valence-electron chi connectivity index (χ3n) is 8.86. The number of carbonyl (C=O) groups is 2. The summed E-state index contributed by atoms with van der Waals surface area (Å²) >= 11 is 1.40. The molecule has 13 heteroatoms. The van der Waals surface area contributed by atoms with Gasteiger partial charge in [0.2, 0.25) is 11.7 Å². The molecule has 0 aliphatic carbocycles. The Bertz CT molecular complexity index is 1320. The molecular weight excluding hydrogens is 577 g/mol. The van der Waals surface area contributed by atoms with E-state index in [9.17, 15) is 14.8 Å². The highest BCUT2D eigenvalue weighted by molar-refractivity contribution is 7.14. The molecule has 0 saturated carbocycles. The largest absolute Gasteiger partial charge is 0.633 e. The molecule has 0 spiro atoms. The summed E-state index contributed by atoms with van der Waals surface area (Å²) < 4.78 is 32.5. The van der Waals surface area contributed by atoms with Crippen molar-refractivity contribution in [2.45, 2.75) is 51.2 Å². The van der Waals surface area contributed by atoms with E-state index in [0.717, 1.165) is 5.13 Å². The quantitative estimate of drug-likeness (QED) is 0.259. The number of hydroxylamine groups is 3. The lowest BCUT2D eigenvalue weighted by Gasteiger charge is -2.45. The van der Waals surface area contributed by atoms with E-state index in [0.29, 0.717) is 44.8 Å². The number of methoxy groups -OCH3 is 2. The first kappa shape index (κ1) is 31.7. The minimum Gasteiger partial charge on any atom is -0.633 e. The van der Waals surface area contributed by atoms with Crippen molar-refractivity contribution >= 4 is 28.3 Å². The number of amides is 2. The summed E-state index contributed by atoms with van der Waals surface area (Å²) in [4.78, 5) is 35.7. The third kappa shape index (κ3) is 6.29. The number of carbonyl (C=O) groups excluding carboxylic acids is 2. The maximum absolute atomic E-state index is 15.4. The van der Waals surface area contributed by atoms with Gasteiger partial charge in [0.05, 0.1) is 45.0 Å². The number of likely N-dealkylation sites (N-methyl/N-ethyl adjacent to an activating group) is 1. The molecule has 236 valence electrons. The highest BCUT2D eigenvalue weighted by Gasteiger charge is 2.60. The van der Waals surface area contributed by atoms with Crippen LogP contribution in [0.2, 0.25) is 0 Å². The molecule has 0 bridgehead atoms. The maximum Gasteiger partial charge on any atom is 0.252 e. The van der Waals surface area contributed by atoms with Gasteiger partial charge in [-0.1, -0.05) is 20.8 Å². The number of halogens is 1. The van der Waals surface area contributed by atoms with Crippen LogP contribution in [0.3, 0.4) is 0 Å². The first-order valence-corrected chi connectivity index (χ1v) is 15.6. The molecule has 3 saturated heterocycles. The van der Waals surface area contributed by atoms with Crippen LogP contribution in [0.15, 0.2) is 23.6 Å². The lowest BCUT2D eigenvalue weighted by molar-refractivity contribution is -0.861. The van der Waals surface area contributed by atoms with E-state index in [1.54, 1.807) is 23.4 Å². The number of likely N-dealkylation sites (tertiary alicyclic amines) is 1. The molecule has 5 rings (SSSR count). The Balaban J connectivity index is 1.31. The van der Waals surface area contributed by atoms with Gasteiger partial charge in [0.15, 0.2) is 5.13 Å². The van der Waals surface area contributed by atoms with Crippen molar-refractivity contribution in [3.8, 4) is 11.3 Å². The number of nitrogens with zero attached hydrogens (tertiary/aromatic N) is 4. The van der Waals surface area contributed by atoms with E-state index < -0.39 is 29.6 Å². The Morgan fingerprint density at radius 1 is 1.28 bits per heavy atom. The van der Waals surface area contributed by atoms with Crippen LogP contribution in [0.5, 0.6) is 0 Å². The molecule has 3 fully saturated rings. The minimum absolute atomic E-state index is 0.0605. The lowest BCUT2D eigenvalue weighted by Crippen LogP contribution is -2.58. The molecule has 1 N–H and O–H groups in total. The van der Waals surface area contributed by atoms with Crippen LogP contribution in [0.25, 0.3) is 11.3 Å². The third-order valence-corrected chi connectivity index (χ3v) is 9.76. The molecular formula is C30H42FN5O6S. The monoisotopic (exact) mass is 619 g/mol. The Morgan fingerprint density at radius 3 is 2.60 bits per heavy atom. The Labute approximate surface area is 256 Å². The van der Waals surface area contributed by atoms with Crippen molar-refractivity contribution in [3.63, 3.8) is 0 Å². The number of piperazine rings is 1. The molecule has 1 aromatic carbocycles. The molecule has 0 unspecified atom stereocenters. The fourth-order valence-electron chi connectivity index (χ4n) is 6.34. The zero-order valence-electron chi connectivity index (χ0n) is 25.7. The average Bonchev–Trinajstić information content (AvgIpc) is 3.68. The smallest absolute Gasteiger partial charge is 0.252 e. The van der Waals surface area contributed by atoms with E-state index in [2.05, 4.69) is 10.3 Å². The fourth-order valence-corrected chi connectivity index (χ4v) is 7.22. The Hall–Kier alpha value is -2.68. The molecule has 2 aromatic rings. The summed E-state index contributed by atoms with van der Waals surface area (Å²) in [6.07, 6.45) is 0.164. The number of aromatic nitrogens is 1. The van der Waals surface area contributed by atoms with E-state index in [-0.39, 0.29) is 46.2 Å². The molecule has 11 nitrogen and oxygen atoms in total. The summed E-state index contributed by atoms with van der Waals surface area (Å²) in [5.74, 6) is -2.28. The van der Waals surface area contributed by atoms with Gasteiger partial charge in [-0.3, -0.25) is 9.59 Å². The summed E-state index contributed by atoms with van der Waals surface area (Å²) in [5.41, 5.74) is 0.865. The second-order valence-electron chi connectivity index (χ2n) is 12.5. The van der Waals surface area contributed by atoms with Crippen LogP contribution in [0, 0.1) is 22.9 Å². The van der Waals surface area contributed by atoms with Crippen LogP contribution in [-0.4, -0.2) is 111 Å². The van der Waals surface area contributed by atoms with E-state index >= 15 is 4.39 Å². The first-order chi connectivity index (χ1) is 20.4. The van der Waals surface area contributed by atoms with Crippen molar-refractivity contribution in [3.05, 3.63) is 40.2 Å². The van der Waals surface area contributed by atoms with Crippen LogP contribution < -0.4 is 10.2 Å². The molecule has 3 aliphatic rings. The van der Waals surface area contributed by atoms with Gasteiger partial charge in [0.1, 0.15) is 24.5 Å². The molecule has 43 heavy (non-hydrogen) atoms. The van der Waals surface area contributed by atoms with Gasteiger partial charge in [-0.25, -0.2) is 9.37 Å². The average molecular weight is 620 g/mol. The topological polar surface area (TPSA) is 116 Å². The van der Waals surface area contributed by atoms with Gasteiger partial charge in [0.25, 0.3) is 5.91 Å². The number of ether oxygens (including phenoxy) is 3. The summed E-state index contributed by atoms with van der Waals surface area (Å²) in [5, 5.41) is 17.6.